The van der Waals surface area contributed by atoms with Crippen molar-refractivity contribution in [1.82, 2.24) is 9.55 Å². The molecule has 0 bridgehead atoms. The van der Waals surface area contributed by atoms with Gasteiger partial charge in [0.05, 0.1) is 11.2 Å². The third-order valence-electron chi connectivity index (χ3n) is 3.53. The second-order valence-electron chi connectivity index (χ2n) is 5.99. The largest absolute Gasteiger partial charge is 0.345 e. The summed E-state index contributed by atoms with van der Waals surface area (Å²) in [5.41, 5.74) is 3.98. The number of hydrogen-bond acceptors (Lipinski definition) is 1. The zero-order valence-electron chi connectivity index (χ0n) is 12.4. The number of aromatic nitrogens is 2. The van der Waals surface area contributed by atoms with Gasteiger partial charge < -0.3 is 4.57 Å². The minimum Gasteiger partial charge on any atom is -0.345 e. The van der Waals surface area contributed by atoms with Crippen LogP contribution in [-0.4, -0.2) is 9.55 Å². The van der Waals surface area contributed by atoms with E-state index in [1.807, 2.05) is 6.20 Å². The molecule has 2 nitrogen and oxygen atoms in total. The highest BCUT2D eigenvalue weighted by Crippen LogP contribution is 2.33. The molecule has 2 aromatic rings. The van der Waals surface area contributed by atoms with Crippen molar-refractivity contribution in [3.8, 4) is 0 Å². The molecule has 2 heterocycles. The first kappa shape index (κ1) is 13.1. The van der Waals surface area contributed by atoms with Gasteiger partial charge in [-0.1, -0.05) is 27.7 Å². The molecule has 0 unspecified atom stereocenters. The van der Waals surface area contributed by atoms with Crippen LogP contribution in [0.5, 0.6) is 0 Å². The molecule has 0 amide bonds. The molecule has 2 aromatic heterocycles. The molecule has 0 saturated heterocycles. The average molecular weight is 244 g/mol. The van der Waals surface area contributed by atoms with Gasteiger partial charge >= 0.3 is 0 Å². The van der Waals surface area contributed by atoms with E-state index in [0.29, 0.717) is 17.9 Å². The second kappa shape index (κ2) is 4.75. The first-order valence-electron chi connectivity index (χ1n) is 6.92. The Hall–Kier alpha value is -1.31. The minimum atomic E-state index is 0.467. The van der Waals surface area contributed by atoms with Gasteiger partial charge in [0, 0.05) is 23.8 Å². The molecule has 0 atom stereocenters. The van der Waals surface area contributed by atoms with Gasteiger partial charge in [-0.15, -0.1) is 0 Å². The zero-order chi connectivity index (χ0) is 13.4. The Morgan fingerprint density at radius 3 is 2.17 bits per heavy atom. The van der Waals surface area contributed by atoms with Crippen LogP contribution in [0.2, 0.25) is 0 Å². The first-order chi connectivity index (χ1) is 8.43. The van der Waals surface area contributed by atoms with Gasteiger partial charge in [-0.25, -0.2) is 0 Å². The van der Waals surface area contributed by atoms with Crippen molar-refractivity contribution in [2.45, 2.75) is 59.4 Å². The van der Waals surface area contributed by atoms with Gasteiger partial charge in [0.15, 0.2) is 0 Å². The van der Waals surface area contributed by atoms with Crippen molar-refractivity contribution < 1.29 is 0 Å². The van der Waals surface area contributed by atoms with Gasteiger partial charge in [0.25, 0.3) is 0 Å². The Kier molecular flexibility index (Phi) is 3.47. The van der Waals surface area contributed by atoms with Crippen molar-refractivity contribution in [3.63, 3.8) is 0 Å². The molecule has 0 aliphatic carbocycles. The summed E-state index contributed by atoms with van der Waals surface area (Å²) in [6.07, 6.45) is 4.26. The van der Waals surface area contributed by atoms with Crippen LogP contribution in [0.1, 0.15) is 70.7 Å². The fraction of sp³-hybridized carbons (Fsp3) is 0.562. The lowest BCUT2D eigenvalue weighted by molar-refractivity contribution is 0.619. The molecule has 0 N–H and O–H groups in total. The predicted octanol–water partition coefficient (Wildman–Crippen LogP) is 4.86. The number of rotatable bonds is 3. The molecular formula is C16H24N2. The van der Waals surface area contributed by atoms with Crippen molar-refractivity contribution >= 4 is 10.9 Å². The van der Waals surface area contributed by atoms with Gasteiger partial charge in [0.2, 0.25) is 0 Å². The molecular weight excluding hydrogens is 220 g/mol. The van der Waals surface area contributed by atoms with Crippen LogP contribution in [0.15, 0.2) is 18.5 Å². The van der Waals surface area contributed by atoms with E-state index in [1.165, 1.54) is 22.2 Å². The maximum Gasteiger partial charge on any atom is 0.0525 e. The van der Waals surface area contributed by atoms with Crippen molar-refractivity contribution in [3.05, 3.63) is 29.7 Å². The van der Waals surface area contributed by atoms with E-state index in [4.69, 9.17) is 0 Å². The van der Waals surface area contributed by atoms with Crippen LogP contribution in [0.4, 0.5) is 0 Å². The van der Waals surface area contributed by atoms with Gasteiger partial charge in [-0.05, 0) is 37.3 Å². The molecule has 0 aromatic carbocycles. The summed E-state index contributed by atoms with van der Waals surface area (Å²) >= 11 is 0. The summed E-state index contributed by atoms with van der Waals surface area (Å²) in [6, 6.07) is 2.63. The smallest absolute Gasteiger partial charge is 0.0525 e. The van der Waals surface area contributed by atoms with Gasteiger partial charge in [-0.3, -0.25) is 4.98 Å². The fourth-order valence-electron chi connectivity index (χ4n) is 2.56. The lowest BCUT2D eigenvalue weighted by Gasteiger charge is -2.11. The van der Waals surface area contributed by atoms with Crippen LogP contribution in [0, 0.1) is 0 Å². The monoisotopic (exact) mass is 244 g/mol. The van der Waals surface area contributed by atoms with Crippen LogP contribution in [-0.2, 0) is 0 Å². The quantitative estimate of drug-likeness (QED) is 0.753. The van der Waals surface area contributed by atoms with Crippen LogP contribution >= 0.6 is 0 Å². The second-order valence-corrected chi connectivity index (χ2v) is 5.99. The Balaban J connectivity index is 2.83. The molecule has 0 radical (unpaired) electrons. The lowest BCUT2D eigenvalue weighted by atomic mass is 9.97. The van der Waals surface area contributed by atoms with E-state index in [-0.39, 0.29) is 0 Å². The van der Waals surface area contributed by atoms with Gasteiger partial charge in [-0.2, -0.15) is 0 Å². The third kappa shape index (κ3) is 2.05. The Morgan fingerprint density at radius 1 is 1.00 bits per heavy atom. The summed E-state index contributed by atoms with van der Waals surface area (Å²) in [5, 5.41) is 1.37. The number of hydrogen-bond donors (Lipinski definition) is 0. The van der Waals surface area contributed by atoms with E-state index < -0.39 is 0 Å². The van der Waals surface area contributed by atoms with E-state index in [1.54, 1.807) is 0 Å². The van der Waals surface area contributed by atoms with Crippen LogP contribution in [0.25, 0.3) is 10.9 Å². The van der Waals surface area contributed by atoms with Gasteiger partial charge in [0.1, 0.15) is 0 Å². The summed E-state index contributed by atoms with van der Waals surface area (Å²) < 4.78 is 2.37. The van der Waals surface area contributed by atoms with Crippen LogP contribution < -0.4 is 0 Å². The van der Waals surface area contributed by atoms with E-state index in [0.717, 1.165) is 0 Å². The standard InChI is InChI=1S/C16H24N2/c1-10(2)13-9-18(12(5)6)14-7-8-17-16(11(3)4)15(13)14/h7-12H,1-6H3. The summed E-state index contributed by atoms with van der Waals surface area (Å²) in [5.74, 6) is 1.00. The number of fused-ring (bicyclic) bond motifs is 1. The van der Waals surface area contributed by atoms with Crippen molar-refractivity contribution in [2.75, 3.05) is 0 Å². The highest BCUT2D eigenvalue weighted by molar-refractivity contribution is 5.87. The normalized spacial score (nSPS) is 12.3. The minimum absolute atomic E-state index is 0.467. The highest BCUT2D eigenvalue weighted by Gasteiger charge is 2.18. The lowest BCUT2D eigenvalue weighted by Crippen LogP contribution is -1.99. The van der Waals surface area contributed by atoms with E-state index >= 15 is 0 Å². The van der Waals surface area contributed by atoms with E-state index in [2.05, 4.69) is 63.4 Å². The van der Waals surface area contributed by atoms with Crippen molar-refractivity contribution in [2.24, 2.45) is 0 Å². The molecule has 0 fully saturated rings. The fourth-order valence-corrected chi connectivity index (χ4v) is 2.56. The molecule has 2 rings (SSSR count). The Labute approximate surface area is 110 Å². The maximum absolute atomic E-state index is 4.61. The molecule has 98 valence electrons. The molecule has 0 saturated carbocycles. The first-order valence-corrected chi connectivity index (χ1v) is 6.92. The molecule has 2 heteroatoms. The molecule has 0 spiro atoms. The predicted molar refractivity (Wildman–Crippen MR) is 78.3 cm³/mol. The Bertz CT molecular complexity index is 547. The van der Waals surface area contributed by atoms with Crippen LogP contribution in [0.3, 0.4) is 0 Å². The molecule has 18 heavy (non-hydrogen) atoms. The molecule has 0 aliphatic heterocycles. The maximum atomic E-state index is 4.61. The van der Waals surface area contributed by atoms with Crippen molar-refractivity contribution in [1.29, 1.82) is 0 Å². The SMILES string of the molecule is CC(C)c1cn(C(C)C)c2ccnc(C(C)C)c12. The summed E-state index contributed by atoms with van der Waals surface area (Å²) in [6.45, 7) is 13.4. The average Bonchev–Trinajstić information content (AvgIpc) is 2.67. The zero-order valence-corrected chi connectivity index (χ0v) is 12.4. The Morgan fingerprint density at radius 2 is 1.67 bits per heavy atom. The third-order valence-corrected chi connectivity index (χ3v) is 3.53. The topological polar surface area (TPSA) is 17.8 Å². The number of nitrogens with zero attached hydrogens (tertiary/aromatic N) is 2. The summed E-state index contributed by atoms with van der Waals surface area (Å²) in [7, 11) is 0. The highest BCUT2D eigenvalue weighted by atomic mass is 15.0. The van der Waals surface area contributed by atoms with E-state index in [9.17, 15) is 0 Å². The molecule has 0 aliphatic rings. The number of pyridine rings is 1. The summed E-state index contributed by atoms with van der Waals surface area (Å²) in [4.78, 5) is 4.61.